The highest BCUT2D eigenvalue weighted by molar-refractivity contribution is 5.68. The standard InChI is InChI=1S/C27H28N2/c1-22-14-16-26(17-15-22)29(25-12-8-5-9-13-25)27(2)20-18-24(19-21-27)28(3)23-10-6-4-7-11-23/h4-20H,21H2,1-3H3/t27-/m1/s1. The van der Waals surface area contributed by atoms with Crippen molar-refractivity contribution in [2.45, 2.75) is 25.8 Å². The lowest BCUT2D eigenvalue weighted by Crippen LogP contribution is -2.43. The molecule has 4 rings (SSSR count). The van der Waals surface area contributed by atoms with Crippen LogP contribution in [0.4, 0.5) is 17.1 Å². The van der Waals surface area contributed by atoms with Gasteiger partial charge in [-0.05, 0) is 62.7 Å². The predicted molar refractivity (Wildman–Crippen MR) is 125 cm³/mol. The summed E-state index contributed by atoms with van der Waals surface area (Å²) in [5.74, 6) is 0. The fraction of sp³-hybridized carbons (Fsp3) is 0.185. The molecule has 1 aliphatic carbocycles. The second kappa shape index (κ2) is 8.00. The van der Waals surface area contributed by atoms with Crippen molar-refractivity contribution in [3.63, 3.8) is 0 Å². The summed E-state index contributed by atoms with van der Waals surface area (Å²) in [5, 5.41) is 0. The first-order valence-electron chi connectivity index (χ1n) is 10.2. The first-order chi connectivity index (χ1) is 14.1. The highest BCUT2D eigenvalue weighted by atomic mass is 15.2. The maximum atomic E-state index is 2.44. The average molecular weight is 381 g/mol. The summed E-state index contributed by atoms with van der Waals surface area (Å²) >= 11 is 0. The Morgan fingerprint density at radius 2 is 1.28 bits per heavy atom. The van der Waals surface area contributed by atoms with E-state index in [1.807, 2.05) is 0 Å². The molecule has 0 amide bonds. The van der Waals surface area contributed by atoms with Gasteiger partial charge in [-0.15, -0.1) is 0 Å². The van der Waals surface area contributed by atoms with E-state index in [0.717, 1.165) is 6.42 Å². The predicted octanol–water partition coefficient (Wildman–Crippen LogP) is 6.87. The molecule has 2 heteroatoms. The zero-order chi connectivity index (χ0) is 20.3. The molecule has 0 fully saturated rings. The van der Waals surface area contributed by atoms with Crippen molar-refractivity contribution in [3.8, 4) is 0 Å². The van der Waals surface area contributed by atoms with Crippen LogP contribution in [0.1, 0.15) is 18.9 Å². The first kappa shape index (κ1) is 19.1. The molecule has 29 heavy (non-hydrogen) atoms. The molecule has 0 N–H and O–H groups in total. The number of hydrogen-bond donors (Lipinski definition) is 0. The minimum Gasteiger partial charge on any atom is -0.345 e. The zero-order valence-electron chi connectivity index (χ0n) is 17.4. The molecule has 0 spiro atoms. The molecule has 0 unspecified atom stereocenters. The molecule has 3 aromatic rings. The largest absolute Gasteiger partial charge is 0.345 e. The van der Waals surface area contributed by atoms with E-state index in [1.165, 1.54) is 28.3 Å². The van der Waals surface area contributed by atoms with Crippen LogP contribution in [0, 0.1) is 6.92 Å². The van der Waals surface area contributed by atoms with Gasteiger partial charge in [0, 0.05) is 29.8 Å². The number of nitrogens with zero attached hydrogens (tertiary/aromatic N) is 2. The number of likely N-dealkylation sites (N-methyl/N-ethyl adjacent to an activating group) is 1. The van der Waals surface area contributed by atoms with E-state index >= 15 is 0 Å². The van der Waals surface area contributed by atoms with Gasteiger partial charge in [0.15, 0.2) is 0 Å². The smallest absolute Gasteiger partial charge is 0.0644 e. The third kappa shape index (κ3) is 3.97. The molecule has 0 bridgehead atoms. The van der Waals surface area contributed by atoms with Crippen molar-refractivity contribution >= 4 is 17.1 Å². The lowest BCUT2D eigenvalue weighted by atomic mass is 9.88. The Morgan fingerprint density at radius 1 is 0.724 bits per heavy atom. The molecule has 3 aromatic carbocycles. The molecule has 0 radical (unpaired) electrons. The number of para-hydroxylation sites is 2. The van der Waals surface area contributed by atoms with Gasteiger partial charge in [0.25, 0.3) is 0 Å². The first-order valence-corrected chi connectivity index (χ1v) is 10.2. The third-order valence-corrected chi connectivity index (χ3v) is 5.69. The normalized spacial score (nSPS) is 18.2. The van der Waals surface area contributed by atoms with Gasteiger partial charge >= 0.3 is 0 Å². The van der Waals surface area contributed by atoms with Crippen LogP contribution < -0.4 is 9.80 Å². The molecule has 1 atom stereocenters. The van der Waals surface area contributed by atoms with Gasteiger partial charge < -0.3 is 9.80 Å². The van der Waals surface area contributed by atoms with E-state index in [2.05, 4.69) is 134 Å². The van der Waals surface area contributed by atoms with Crippen LogP contribution in [0.15, 0.2) is 109 Å². The van der Waals surface area contributed by atoms with Gasteiger partial charge in [-0.3, -0.25) is 0 Å². The highest BCUT2D eigenvalue weighted by Gasteiger charge is 2.32. The zero-order valence-corrected chi connectivity index (χ0v) is 17.4. The number of allylic oxidation sites excluding steroid dienone is 1. The summed E-state index contributed by atoms with van der Waals surface area (Å²) in [7, 11) is 2.13. The third-order valence-electron chi connectivity index (χ3n) is 5.69. The molecule has 1 aliphatic rings. The Hall–Kier alpha value is -3.26. The minimum atomic E-state index is -0.141. The van der Waals surface area contributed by atoms with E-state index in [0.29, 0.717) is 0 Å². The van der Waals surface area contributed by atoms with Crippen LogP contribution in [-0.4, -0.2) is 12.6 Å². The Balaban J connectivity index is 1.66. The fourth-order valence-corrected chi connectivity index (χ4v) is 3.94. The number of rotatable bonds is 5. The van der Waals surface area contributed by atoms with Gasteiger partial charge in [-0.1, -0.05) is 66.2 Å². The van der Waals surface area contributed by atoms with Crippen LogP contribution in [0.5, 0.6) is 0 Å². The quantitative estimate of drug-likeness (QED) is 0.476. The SMILES string of the molecule is Cc1ccc(N(c2ccccc2)[C@]2(C)C=CC(N(C)c3ccccc3)=CC2)cc1. The summed E-state index contributed by atoms with van der Waals surface area (Å²) < 4.78 is 0. The number of anilines is 3. The highest BCUT2D eigenvalue weighted by Crippen LogP contribution is 2.39. The van der Waals surface area contributed by atoms with Gasteiger partial charge in [-0.25, -0.2) is 0 Å². The van der Waals surface area contributed by atoms with E-state index in [-0.39, 0.29) is 5.54 Å². The van der Waals surface area contributed by atoms with E-state index in [9.17, 15) is 0 Å². The molecule has 0 saturated carbocycles. The van der Waals surface area contributed by atoms with Gasteiger partial charge in [0.2, 0.25) is 0 Å². The van der Waals surface area contributed by atoms with E-state index in [4.69, 9.17) is 0 Å². The Labute approximate surface area is 174 Å². The lowest BCUT2D eigenvalue weighted by molar-refractivity contribution is 0.566. The van der Waals surface area contributed by atoms with E-state index < -0.39 is 0 Å². The second-order valence-corrected chi connectivity index (χ2v) is 7.92. The summed E-state index contributed by atoms with van der Waals surface area (Å²) in [4.78, 5) is 4.69. The monoisotopic (exact) mass is 380 g/mol. The summed E-state index contributed by atoms with van der Waals surface area (Å²) in [5.41, 5.74) is 5.98. The lowest BCUT2D eigenvalue weighted by Gasteiger charge is -2.43. The van der Waals surface area contributed by atoms with Crippen LogP contribution in [0.25, 0.3) is 0 Å². The van der Waals surface area contributed by atoms with E-state index in [1.54, 1.807) is 0 Å². The fourth-order valence-electron chi connectivity index (χ4n) is 3.94. The van der Waals surface area contributed by atoms with Crippen molar-refractivity contribution < 1.29 is 0 Å². The van der Waals surface area contributed by atoms with Crippen LogP contribution in [-0.2, 0) is 0 Å². The van der Waals surface area contributed by atoms with Crippen molar-refractivity contribution in [1.29, 1.82) is 0 Å². The molecule has 0 heterocycles. The minimum absolute atomic E-state index is 0.141. The van der Waals surface area contributed by atoms with Crippen molar-refractivity contribution in [2.75, 3.05) is 16.8 Å². The topological polar surface area (TPSA) is 6.48 Å². The number of benzene rings is 3. The van der Waals surface area contributed by atoms with Crippen molar-refractivity contribution in [1.82, 2.24) is 0 Å². The maximum absolute atomic E-state index is 2.44. The molecule has 146 valence electrons. The average Bonchev–Trinajstić information content (AvgIpc) is 2.77. The van der Waals surface area contributed by atoms with Gasteiger partial charge in [0.1, 0.15) is 0 Å². The van der Waals surface area contributed by atoms with Gasteiger partial charge in [-0.2, -0.15) is 0 Å². The van der Waals surface area contributed by atoms with Crippen LogP contribution >= 0.6 is 0 Å². The number of hydrogen-bond acceptors (Lipinski definition) is 2. The van der Waals surface area contributed by atoms with Gasteiger partial charge in [0.05, 0.1) is 5.54 Å². The van der Waals surface area contributed by atoms with Crippen molar-refractivity contribution in [3.05, 3.63) is 114 Å². The number of aryl methyl sites for hydroxylation is 1. The molecule has 0 saturated heterocycles. The molecule has 2 nitrogen and oxygen atoms in total. The Kier molecular flexibility index (Phi) is 5.26. The maximum Gasteiger partial charge on any atom is 0.0644 e. The molecule has 0 aliphatic heterocycles. The Bertz CT molecular complexity index is 1000. The molecular formula is C27H28N2. The molecular weight excluding hydrogens is 352 g/mol. The van der Waals surface area contributed by atoms with Crippen molar-refractivity contribution in [2.24, 2.45) is 0 Å². The summed E-state index contributed by atoms with van der Waals surface area (Å²) in [6.07, 6.45) is 7.87. The van der Waals surface area contributed by atoms with Crippen LogP contribution in [0.2, 0.25) is 0 Å². The summed E-state index contributed by atoms with van der Waals surface area (Å²) in [6.45, 7) is 4.44. The van der Waals surface area contributed by atoms with Crippen LogP contribution in [0.3, 0.4) is 0 Å². The Morgan fingerprint density at radius 3 is 1.83 bits per heavy atom. The summed E-state index contributed by atoms with van der Waals surface area (Å²) in [6, 6.07) is 30.0. The second-order valence-electron chi connectivity index (χ2n) is 7.92. The molecule has 0 aromatic heterocycles.